The van der Waals surface area contributed by atoms with Crippen LogP contribution >= 0.6 is 11.6 Å². The van der Waals surface area contributed by atoms with Crippen LogP contribution in [0.4, 0.5) is 0 Å². The summed E-state index contributed by atoms with van der Waals surface area (Å²) in [7, 11) is 0. The van der Waals surface area contributed by atoms with Crippen LogP contribution in [0.5, 0.6) is 0 Å². The first-order valence-electron chi connectivity index (χ1n) is 9.46. The zero-order chi connectivity index (χ0) is 20.0. The molecule has 1 saturated heterocycles. The molecule has 146 valence electrons. The van der Waals surface area contributed by atoms with E-state index >= 15 is 0 Å². The highest BCUT2D eigenvalue weighted by molar-refractivity contribution is 6.31. The van der Waals surface area contributed by atoms with Crippen molar-refractivity contribution in [2.24, 2.45) is 0 Å². The largest absolute Gasteiger partial charge is 0.451 e. The summed E-state index contributed by atoms with van der Waals surface area (Å²) < 4.78 is 11.6. The van der Waals surface area contributed by atoms with Gasteiger partial charge in [-0.3, -0.25) is 9.59 Å². The van der Waals surface area contributed by atoms with E-state index in [1.54, 1.807) is 41.3 Å². The van der Waals surface area contributed by atoms with E-state index in [1.807, 2.05) is 6.07 Å². The molecule has 0 unspecified atom stereocenters. The summed E-state index contributed by atoms with van der Waals surface area (Å²) in [6.07, 6.45) is 1.45. The van der Waals surface area contributed by atoms with Crippen LogP contribution in [0.15, 0.2) is 62.2 Å². The Labute approximate surface area is 170 Å². The molecule has 1 fully saturated rings. The van der Waals surface area contributed by atoms with E-state index in [-0.39, 0.29) is 23.0 Å². The Bertz CT molecular complexity index is 1280. The molecule has 5 rings (SSSR count). The van der Waals surface area contributed by atoms with Gasteiger partial charge in [-0.15, -0.1) is 0 Å². The SMILES string of the molecule is O=C(c1cc(=O)c2ccccc2o1)N1CCC(c2nc3cc(Cl)ccc3o2)CC1. The maximum Gasteiger partial charge on any atom is 0.289 e. The Balaban J connectivity index is 1.33. The van der Waals surface area contributed by atoms with E-state index in [0.29, 0.717) is 40.6 Å². The first-order valence-corrected chi connectivity index (χ1v) is 9.84. The van der Waals surface area contributed by atoms with E-state index in [4.69, 9.17) is 20.4 Å². The lowest BCUT2D eigenvalue weighted by Crippen LogP contribution is -2.38. The molecule has 6 nitrogen and oxygen atoms in total. The fraction of sp³-hybridized carbons (Fsp3) is 0.227. The van der Waals surface area contributed by atoms with Gasteiger partial charge < -0.3 is 13.7 Å². The fourth-order valence-corrected chi connectivity index (χ4v) is 3.95. The van der Waals surface area contributed by atoms with Gasteiger partial charge in [0.25, 0.3) is 5.91 Å². The normalized spacial score (nSPS) is 15.3. The maximum atomic E-state index is 12.9. The number of carbonyl (C=O) groups is 1. The number of oxazole rings is 1. The molecule has 0 bridgehead atoms. The second-order valence-electron chi connectivity index (χ2n) is 7.20. The number of fused-ring (bicyclic) bond motifs is 2. The minimum Gasteiger partial charge on any atom is -0.451 e. The average molecular weight is 409 g/mol. The minimum atomic E-state index is -0.268. The van der Waals surface area contributed by atoms with Gasteiger partial charge in [0.05, 0.1) is 5.39 Å². The number of piperidine rings is 1. The van der Waals surface area contributed by atoms with Crippen LogP contribution in [0.1, 0.15) is 35.2 Å². The van der Waals surface area contributed by atoms with E-state index in [1.165, 1.54) is 6.07 Å². The smallest absolute Gasteiger partial charge is 0.289 e. The van der Waals surface area contributed by atoms with Crippen LogP contribution in [0, 0.1) is 0 Å². The number of para-hydroxylation sites is 1. The van der Waals surface area contributed by atoms with Crippen LogP contribution in [0.2, 0.25) is 5.02 Å². The van der Waals surface area contributed by atoms with Crippen molar-refractivity contribution in [1.29, 1.82) is 0 Å². The summed E-state index contributed by atoms with van der Waals surface area (Å²) in [6, 6.07) is 13.6. The van der Waals surface area contributed by atoms with E-state index in [2.05, 4.69) is 4.98 Å². The lowest BCUT2D eigenvalue weighted by Gasteiger charge is -2.30. The number of nitrogens with zero attached hydrogens (tertiary/aromatic N) is 2. The molecule has 1 aliphatic rings. The quantitative estimate of drug-likeness (QED) is 0.484. The summed E-state index contributed by atoms with van der Waals surface area (Å²) in [5.41, 5.74) is 1.66. The number of aromatic nitrogens is 1. The van der Waals surface area contributed by atoms with Crippen molar-refractivity contribution in [3.8, 4) is 0 Å². The predicted molar refractivity (Wildman–Crippen MR) is 109 cm³/mol. The van der Waals surface area contributed by atoms with E-state index < -0.39 is 0 Å². The van der Waals surface area contributed by atoms with Gasteiger partial charge in [-0.1, -0.05) is 23.7 Å². The molecule has 0 N–H and O–H groups in total. The molecule has 0 radical (unpaired) electrons. The lowest BCUT2D eigenvalue weighted by atomic mass is 9.96. The predicted octanol–water partition coefficient (Wildman–Crippen LogP) is 4.61. The number of rotatable bonds is 2. The van der Waals surface area contributed by atoms with Gasteiger partial charge in [0.15, 0.2) is 22.7 Å². The third kappa shape index (κ3) is 3.29. The summed E-state index contributed by atoms with van der Waals surface area (Å²) in [5.74, 6) is 0.611. The molecule has 0 atom stereocenters. The van der Waals surface area contributed by atoms with Crippen molar-refractivity contribution in [3.63, 3.8) is 0 Å². The lowest BCUT2D eigenvalue weighted by molar-refractivity contribution is 0.0675. The fourth-order valence-electron chi connectivity index (χ4n) is 3.79. The molecule has 0 saturated carbocycles. The molecule has 2 aromatic carbocycles. The molecule has 2 aromatic heterocycles. The number of likely N-dealkylation sites (tertiary alicyclic amines) is 1. The van der Waals surface area contributed by atoms with Gasteiger partial charge in [-0.25, -0.2) is 4.98 Å². The summed E-state index contributed by atoms with van der Waals surface area (Å²) in [5, 5.41) is 1.09. The highest BCUT2D eigenvalue weighted by Crippen LogP contribution is 2.31. The maximum absolute atomic E-state index is 12.9. The Hall–Kier alpha value is -3.12. The van der Waals surface area contributed by atoms with E-state index in [9.17, 15) is 9.59 Å². The third-order valence-electron chi connectivity index (χ3n) is 5.34. The highest BCUT2D eigenvalue weighted by Gasteiger charge is 2.29. The second kappa shape index (κ2) is 7.04. The molecule has 29 heavy (non-hydrogen) atoms. The Morgan fingerprint density at radius 2 is 1.83 bits per heavy atom. The molecule has 4 aromatic rings. The van der Waals surface area contributed by atoms with Gasteiger partial charge in [0.2, 0.25) is 0 Å². The Kier molecular flexibility index (Phi) is 4.36. The number of halogens is 1. The van der Waals surface area contributed by atoms with Crippen LogP contribution in [-0.2, 0) is 0 Å². The zero-order valence-corrected chi connectivity index (χ0v) is 16.2. The van der Waals surface area contributed by atoms with Crippen LogP contribution in [0.3, 0.4) is 0 Å². The molecule has 0 spiro atoms. The van der Waals surface area contributed by atoms with Crippen molar-refractivity contribution in [3.05, 3.63) is 75.4 Å². The Morgan fingerprint density at radius 3 is 2.66 bits per heavy atom. The monoisotopic (exact) mass is 408 g/mol. The van der Waals surface area contributed by atoms with Crippen LogP contribution in [-0.4, -0.2) is 28.9 Å². The third-order valence-corrected chi connectivity index (χ3v) is 5.58. The van der Waals surface area contributed by atoms with Crippen molar-refractivity contribution in [1.82, 2.24) is 9.88 Å². The molecule has 7 heteroatoms. The van der Waals surface area contributed by atoms with E-state index in [0.717, 1.165) is 18.4 Å². The molecular weight excluding hydrogens is 392 g/mol. The molecule has 3 heterocycles. The Morgan fingerprint density at radius 1 is 1.03 bits per heavy atom. The second-order valence-corrected chi connectivity index (χ2v) is 7.64. The van der Waals surface area contributed by atoms with Crippen molar-refractivity contribution in [2.45, 2.75) is 18.8 Å². The van der Waals surface area contributed by atoms with Gasteiger partial charge in [0.1, 0.15) is 11.1 Å². The molecule has 0 aliphatic carbocycles. The molecule has 1 amide bonds. The van der Waals surface area contributed by atoms with Gasteiger partial charge in [0, 0.05) is 30.1 Å². The first kappa shape index (κ1) is 17.9. The van der Waals surface area contributed by atoms with Gasteiger partial charge >= 0.3 is 0 Å². The number of hydrogen-bond acceptors (Lipinski definition) is 5. The first-order chi connectivity index (χ1) is 14.1. The number of hydrogen-bond donors (Lipinski definition) is 0. The van der Waals surface area contributed by atoms with Gasteiger partial charge in [-0.05, 0) is 43.2 Å². The molecule has 1 aliphatic heterocycles. The number of amides is 1. The summed E-state index contributed by atoms with van der Waals surface area (Å²) in [4.78, 5) is 31.4. The van der Waals surface area contributed by atoms with Gasteiger partial charge in [-0.2, -0.15) is 0 Å². The summed E-state index contributed by atoms with van der Waals surface area (Å²) >= 11 is 6.02. The minimum absolute atomic E-state index is 0.0728. The van der Waals surface area contributed by atoms with Crippen molar-refractivity contribution < 1.29 is 13.6 Å². The number of benzene rings is 2. The van der Waals surface area contributed by atoms with Crippen LogP contribution in [0.25, 0.3) is 22.1 Å². The zero-order valence-electron chi connectivity index (χ0n) is 15.4. The average Bonchev–Trinajstić information content (AvgIpc) is 3.16. The van der Waals surface area contributed by atoms with Crippen molar-refractivity contribution in [2.75, 3.05) is 13.1 Å². The standard InChI is InChI=1S/C22H17ClN2O4/c23-14-5-6-19-16(11-14)24-21(29-19)13-7-9-25(10-8-13)22(27)20-12-17(26)15-3-1-2-4-18(15)28-20/h1-6,11-13H,7-10H2. The van der Waals surface area contributed by atoms with Crippen molar-refractivity contribution >= 4 is 39.6 Å². The highest BCUT2D eigenvalue weighted by atomic mass is 35.5. The summed E-state index contributed by atoms with van der Waals surface area (Å²) in [6.45, 7) is 1.08. The molecular formula is C22H17ClN2O4. The number of carbonyl (C=O) groups excluding carboxylic acids is 1. The van der Waals surface area contributed by atoms with Crippen LogP contribution < -0.4 is 5.43 Å². The topological polar surface area (TPSA) is 76.6 Å².